The molecule has 2 aromatic rings. The summed E-state index contributed by atoms with van der Waals surface area (Å²) in [6, 6.07) is 1.93. The van der Waals surface area contributed by atoms with E-state index in [9.17, 15) is 4.79 Å². The molecule has 1 aliphatic heterocycles. The number of carbonyl (C=O) groups excluding carboxylic acids is 1. The molecule has 0 spiro atoms. The van der Waals surface area contributed by atoms with Gasteiger partial charge in [-0.25, -0.2) is 14.3 Å². The fourth-order valence-electron chi connectivity index (χ4n) is 2.43. The van der Waals surface area contributed by atoms with Gasteiger partial charge in [0.25, 0.3) is 0 Å². The number of methoxy groups -OCH3 is 1. The molecule has 0 unspecified atom stereocenters. The molecule has 2 aromatic heterocycles. The van der Waals surface area contributed by atoms with Gasteiger partial charge in [0.15, 0.2) is 5.65 Å². The standard InChI is InChI=1S/C14H18BrN5O3/c1-22-8-9-23-14(21)19-6-4-18(5-7-19)12-2-3-20-13(17-12)11(15)10-16-20/h2-3,10H,4-9H2,1H3. The van der Waals surface area contributed by atoms with E-state index in [0.717, 1.165) is 15.9 Å². The molecular formula is C14H18BrN5O3. The summed E-state index contributed by atoms with van der Waals surface area (Å²) in [5.41, 5.74) is 0.781. The minimum Gasteiger partial charge on any atom is -0.447 e. The summed E-state index contributed by atoms with van der Waals surface area (Å²) in [7, 11) is 1.58. The predicted molar refractivity (Wildman–Crippen MR) is 87.7 cm³/mol. The third-order valence-electron chi connectivity index (χ3n) is 3.69. The smallest absolute Gasteiger partial charge is 0.409 e. The molecule has 124 valence electrons. The Morgan fingerprint density at radius 1 is 1.30 bits per heavy atom. The van der Waals surface area contributed by atoms with Crippen molar-refractivity contribution in [3.8, 4) is 0 Å². The Bertz CT molecular complexity index is 684. The normalized spacial score (nSPS) is 15.2. The van der Waals surface area contributed by atoms with Crippen molar-refractivity contribution in [2.75, 3.05) is 51.4 Å². The first-order valence-electron chi connectivity index (χ1n) is 7.34. The van der Waals surface area contributed by atoms with Crippen LogP contribution in [-0.2, 0) is 9.47 Å². The second-order valence-corrected chi connectivity index (χ2v) is 5.98. The number of piperazine rings is 1. The minimum absolute atomic E-state index is 0.281. The number of hydrogen-bond acceptors (Lipinski definition) is 6. The van der Waals surface area contributed by atoms with E-state index >= 15 is 0 Å². The van der Waals surface area contributed by atoms with Gasteiger partial charge >= 0.3 is 6.09 Å². The van der Waals surface area contributed by atoms with Crippen LogP contribution in [0.2, 0.25) is 0 Å². The first-order valence-corrected chi connectivity index (χ1v) is 8.14. The van der Waals surface area contributed by atoms with Gasteiger partial charge in [-0.15, -0.1) is 0 Å². The highest BCUT2D eigenvalue weighted by Crippen LogP contribution is 2.20. The number of anilines is 1. The molecule has 0 aliphatic carbocycles. The largest absolute Gasteiger partial charge is 0.447 e. The van der Waals surface area contributed by atoms with E-state index in [1.54, 1.807) is 22.7 Å². The Kier molecular flexibility index (Phi) is 4.97. The van der Waals surface area contributed by atoms with Gasteiger partial charge in [-0.2, -0.15) is 5.10 Å². The zero-order valence-corrected chi connectivity index (χ0v) is 14.4. The molecule has 0 N–H and O–H groups in total. The predicted octanol–water partition coefficient (Wildman–Crippen LogP) is 1.40. The van der Waals surface area contributed by atoms with Crippen molar-refractivity contribution in [3.05, 3.63) is 22.9 Å². The van der Waals surface area contributed by atoms with Crippen molar-refractivity contribution in [2.45, 2.75) is 0 Å². The molecule has 23 heavy (non-hydrogen) atoms. The number of fused-ring (bicyclic) bond motifs is 1. The fourth-order valence-corrected chi connectivity index (χ4v) is 2.79. The first kappa shape index (κ1) is 16.0. The molecule has 1 saturated heterocycles. The number of rotatable bonds is 4. The van der Waals surface area contributed by atoms with Crippen LogP contribution in [0.5, 0.6) is 0 Å². The molecule has 0 saturated carbocycles. The summed E-state index contributed by atoms with van der Waals surface area (Å²) in [6.45, 7) is 3.35. The Morgan fingerprint density at radius 3 is 2.83 bits per heavy atom. The molecule has 8 nitrogen and oxygen atoms in total. The number of ether oxygens (including phenoxy) is 2. The maximum atomic E-state index is 11.9. The second-order valence-electron chi connectivity index (χ2n) is 5.13. The molecule has 0 aromatic carbocycles. The quantitative estimate of drug-likeness (QED) is 0.743. The summed E-state index contributed by atoms with van der Waals surface area (Å²) >= 11 is 3.44. The maximum absolute atomic E-state index is 11.9. The van der Waals surface area contributed by atoms with Crippen LogP contribution in [0.4, 0.5) is 10.6 Å². The Balaban J connectivity index is 1.59. The summed E-state index contributed by atoms with van der Waals surface area (Å²) in [5.74, 6) is 0.881. The fraction of sp³-hybridized carbons (Fsp3) is 0.500. The minimum atomic E-state index is -0.288. The first-order chi connectivity index (χ1) is 11.2. The van der Waals surface area contributed by atoms with E-state index in [0.29, 0.717) is 32.8 Å². The van der Waals surface area contributed by atoms with Crippen molar-refractivity contribution in [3.63, 3.8) is 0 Å². The highest BCUT2D eigenvalue weighted by Gasteiger charge is 2.23. The number of amides is 1. The summed E-state index contributed by atoms with van der Waals surface area (Å²) in [4.78, 5) is 20.4. The molecule has 0 atom stereocenters. The zero-order chi connectivity index (χ0) is 16.2. The van der Waals surface area contributed by atoms with Gasteiger partial charge in [-0.3, -0.25) is 0 Å². The van der Waals surface area contributed by atoms with Crippen LogP contribution >= 0.6 is 15.9 Å². The van der Waals surface area contributed by atoms with E-state index < -0.39 is 0 Å². The van der Waals surface area contributed by atoms with Crippen LogP contribution in [0.1, 0.15) is 0 Å². The van der Waals surface area contributed by atoms with Crippen molar-refractivity contribution in [2.24, 2.45) is 0 Å². The van der Waals surface area contributed by atoms with E-state index in [1.807, 2.05) is 12.3 Å². The van der Waals surface area contributed by atoms with Gasteiger partial charge in [0.1, 0.15) is 12.4 Å². The summed E-state index contributed by atoms with van der Waals surface area (Å²) in [6.07, 6.45) is 3.32. The summed E-state index contributed by atoms with van der Waals surface area (Å²) < 4.78 is 12.6. The van der Waals surface area contributed by atoms with Gasteiger partial charge < -0.3 is 19.3 Å². The van der Waals surface area contributed by atoms with Crippen molar-refractivity contribution in [1.29, 1.82) is 0 Å². The van der Waals surface area contributed by atoms with Crippen LogP contribution in [-0.4, -0.2) is 72.1 Å². The number of halogens is 1. The Morgan fingerprint density at radius 2 is 2.09 bits per heavy atom. The lowest BCUT2D eigenvalue weighted by molar-refractivity contribution is 0.0705. The lowest BCUT2D eigenvalue weighted by atomic mass is 10.3. The molecule has 0 bridgehead atoms. The number of carbonyl (C=O) groups is 1. The zero-order valence-electron chi connectivity index (χ0n) is 12.8. The molecule has 3 heterocycles. The van der Waals surface area contributed by atoms with E-state index in [1.165, 1.54) is 0 Å². The molecule has 0 radical (unpaired) electrons. The Hall–Kier alpha value is -1.87. The van der Waals surface area contributed by atoms with Gasteiger partial charge in [-0.05, 0) is 22.0 Å². The van der Waals surface area contributed by atoms with Crippen molar-refractivity contribution < 1.29 is 14.3 Å². The lowest BCUT2D eigenvalue weighted by Crippen LogP contribution is -2.49. The van der Waals surface area contributed by atoms with E-state index in [2.05, 4.69) is 30.9 Å². The topological polar surface area (TPSA) is 72.2 Å². The lowest BCUT2D eigenvalue weighted by Gasteiger charge is -2.34. The molecule has 3 rings (SSSR count). The number of aromatic nitrogens is 3. The van der Waals surface area contributed by atoms with Gasteiger partial charge in [-0.1, -0.05) is 0 Å². The molecule has 1 amide bonds. The second kappa shape index (κ2) is 7.14. The average molecular weight is 384 g/mol. The third kappa shape index (κ3) is 3.56. The third-order valence-corrected chi connectivity index (χ3v) is 4.25. The monoisotopic (exact) mass is 383 g/mol. The highest BCUT2D eigenvalue weighted by atomic mass is 79.9. The van der Waals surface area contributed by atoms with Gasteiger partial charge in [0.05, 0.1) is 17.3 Å². The molecule has 1 fully saturated rings. The van der Waals surface area contributed by atoms with Crippen LogP contribution in [0.25, 0.3) is 5.65 Å². The SMILES string of the molecule is COCCOC(=O)N1CCN(c2ccn3ncc(Br)c3n2)CC1. The molecular weight excluding hydrogens is 366 g/mol. The number of hydrogen-bond donors (Lipinski definition) is 0. The van der Waals surface area contributed by atoms with Gasteiger partial charge in [0.2, 0.25) is 0 Å². The molecule has 9 heteroatoms. The van der Waals surface area contributed by atoms with Crippen LogP contribution < -0.4 is 4.90 Å². The number of nitrogens with zero attached hydrogens (tertiary/aromatic N) is 5. The Labute approximate surface area is 142 Å². The van der Waals surface area contributed by atoms with Crippen LogP contribution in [0.3, 0.4) is 0 Å². The van der Waals surface area contributed by atoms with Crippen LogP contribution in [0, 0.1) is 0 Å². The van der Waals surface area contributed by atoms with Crippen molar-refractivity contribution >= 4 is 33.5 Å². The van der Waals surface area contributed by atoms with Crippen molar-refractivity contribution in [1.82, 2.24) is 19.5 Å². The van der Waals surface area contributed by atoms with Crippen LogP contribution in [0.15, 0.2) is 22.9 Å². The maximum Gasteiger partial charge on any atom is 0.409 e. The van der Waals surface area contributed by atoms with E-state index in [4.69, 9.17) is 9.47 Å². The summed E-state index contributed by atoms with van der Waals surface area (Å²) in [5, 5.41) is 4.18. The van der Waals surface area contributed by atoms with E-state index in [-0.39, 0.29) is 12.7 Å². The average Bonchev–Trinajstić information content (AvgIpc) is 2.96. The highest BCUT2D eigenvalue weighted by molar-refractivity contribution is 9.10. The van der Waals surface area contributed by atoms with Gasteiger partial charge in [0, 0.05) is 39.5 Å². The molecule has 1 aliphatic rings.